The summed E-state index contributed by atoms with van der Waals surface area (Å²) in [6, 6.07) is 10.9. The van der Waals surface area contributed by atoms with Crippen LogP contribution in [0.2, 0.25) is 0 Å². The predicted octanol–water partition coefficient (Wildman–Crippen LogP) is 4.01. The maximum absolute atomic E-state index is 12.9. The quantitative estimate of drug-likeness (QED) is 0.370. The molecular weight excluding hydrogens is 426 g/mol. The Hall–Kier alpha value is -3.42. The van der Waals surface area contributed by atoms with Gasteiger partial charge in [-0.15, -0.1) is 0 Å². The first-order valence-corrected chi connectivity index (χ1v) is 11.0. The van der Waals surface area contributed by atoms with Crippen LogP contribution in [0.5, 0.6) is 17.2 Å². The first-order chi connectivity index (χ1) is 15.8. The Bertz CT molecular complexity index is 988. The third-order valence-electron chi connectivity index (χ3n) is 5.36. The Kier molecular flexibility index (Phi) is 8.03. The molecule has 8 heteroatoms. The Balaban J connectivity index is 1.64. The van der Waals surface area contributed by atoms with E-state index < -0.39 is 29.7 Å². The Morgan fingerprint density at radius 2 is 1.79 bits per heavy atom. The summed E-state index contributed by atoms with van der Waals surface area (Å²) in [7, 11) is 1.39. The number of rotatable bonds is 11. The van der Waals surface area contributed by atoms with Crippen molar-refractivity contribution in [2.45, 2.75) is 52.2 Å². The van der Waals surface area contributed by atoms with Crippen molar-refractivity contribution in [3.8, 4) is 17.2 Å². The summed E-state index contributed by atoms with van der Waals surface area (Å²) in [5, 5.41) is 0. The highest BCUT2D eigenvalue weighted by Crippen LogP contribution is 2.37. The molecule has 3 rings (SSSR count). The number of ether oxygens (including phenoxy) is 4. The molecule has 2 aromatic rings. The molecule has 0 saturated heterocycles. The van der Waals surface area contributed by atoms with Crippen LogP contribution in [0.3, 0.4) is 0 Å². The molecule has 176 valence electrons. The molecule has 33 heavy (non-hydrogen) atoms. The molecule has 1 aromatic carbocycles. The van der Waals surface area contributed by atoms with Gasteiger partial charge in [0, 0.05) is 25.6 Å². The SMILES string of the molecule is COc1ccnc(C(=O)C[C@@H](C)C(=O)O[C@@H](C)[C@H](Oc2ccccc2)C2CC2)c1OC(C)=O. The standard InChI is InChI=1S/C25H29NO7/c1-15(14-20(28)22-24(32-17(3)27)21(30-4)12-13-26-22)25(29)31-16(2)23(18-10-11-18)33-19-8-6-5-7-9-19/h5-9,12-13,15-16,18,23H,10-11,14H2,1-4H3/t15-,16+,23+/m1/s1. The zero-order chi connectivity index (χ0) is 24.0. The van der Waals surface area contributed by atoms with E-state index in [0.717, 1.165) is 18.6 Å². The van der Waals surface area contributed by atoms with Crippen LogP contribution in [0.1, 0.15) is 50.5 Å². The maximum Gasteiger partial charge on any atom is 0.309 e. The van der Waals surface area contributed by atoms with E-state index in [1.165, 1.54) is 26.3 Å². The molecule has 0 spiro atoms. The van der Waals surface area contributed by atoms with Gasteiger partial charge in [0.25, 0.3) is 0 Å². The lowest BCUT2D eigenvalue weighted by Gasteiger charge is -2.26. The Morgan fingerprint density at radius 1 is 1.09 bits per heavy atom. The van der Waals surface area contributed by atoms with Gasteiger partial charge >= 0.3 is 11.9 Å². The summed E-state index contributed by atoms with van der Waals surface area (Å²) in [6.45, 7) is 4.64. The fraction of sp³-hybridized carbons (Fsp3) is 0.440. The molecule has 1 fully saturated rings. The van der Waals surface area contributed by atoms with Crippen LogP contribution in [0.15, 0.2) is 42.6 Å². The topological polar surface area (TPSA) is 101 Å². The van der Waals surface area contributed by atoms with Gasteiger partial charge in [-0.25, -0.2) is 4.98 Å². The second-order valence-corrected chi connectivity index (χ2v) is 8.19. The molecule has 1 aliphatic rings. The molecule has 0 unspecified atom stereocenters. The average molecular weight is 456 g/mol. The van der Waals surface area contributed by atoms with E-state index in [1.54, 1.807) is 13.8 Å². The molecular formula is C25H29NO7. The highest BCUT2D eigenvalue weighted by molar-refractivity contribution is 5.99. The smallest absolute Gasteiger partial charge is 0.309 e. The molecule has 0 bridgehead atoms. The zero-order valence-corrected chi connectivity index (χ0v) is 19.3. The van der Waals surface area contributed by atoms with E-state index in [4.69, 9.17) is 18.9 Å². The molecule has 0 radical (unpaired) electrons. The molecule has 0 N–H and O–H groups in total. The normalized spacial score (nSPS) is 15.6. The molecule has 8 nitrogen and oxygen atoms in total. The van der Waals surface area contributed by atoms with Crippen LogP contribution >= 0.6 is 0 Å². The third-order valence-corrected chi connectivity index (χ3v) is 5.36. The summed E-state index contributed by atoms with van der Waals surface area (Å²) in [4.78, 5) is 41.1. The third kappa shape index (κ3) is 6.54. The van der Waals surface area contributed by atoms with Gasteiger partial charge in [0.15, 0.2) is 17.2 Å². The molecule has 0 aliphatic heterocycles. The van der Waals surface area contributed by atoms with E-state index in [-0.39, 0.29) is 29.7 Å². The monoisotopic (exact) mass is 455 g/mol. The molecule has 0 amide bonds. The van der Waals surface area contributed by atoms with E-state index in [0.29, 0.717) is 5.92 Å². The number of benzene rings is 1. The van der Waals surface area contributed by atoms with Crippen molar-refractivity contribution in [2.75, 3.05) is 7.11 Å². The van der Waals surface area contributed by atoms with Gasteiger partial charge in [-0.3, -0.25) is 14.4 Å². The van der Waals surface area contributed by atoms with Gasteiger partial charge in [-0.1, -0.05) is 25.1 Å². The zero-order valence-electron chi connectivity index (χ0n) is 19.3. The minimum absolute atomic E-state index is 0.0588. The van der Waals surface area contributed by atoms with Gasteiger partial charge in [-0.05, 0) is 37.8 Å². The number of para-hydroxylation sites is 1. The Morgan fingerprint density at radius 3 is 2.39 bits per heavy atom. The summed E-state index contributed by atoms with van der Waals surface area (Å²) in [6.07, 6.45) is 2.53. The predicted molar refractivity (Wildman–Crippen MR) is 119 cm³/mol. The minimum atomic E-state index is -0.727. The van der Waals surface area contributed by atoms with Crippen LogP contribution in [0.25, 0.3) is 0 Å². The molecule has 3 atom stereocenters. The Labute approximate surface area is 193 Å². The average Bonchev–Trinajstić information content (AvgIpc) is 3.63. The molecule has 1 aliphatic carbocycles. The number of pyridine rings is 1. The first kappa shape index (κ1) is 24.2. The van der Waals surface area contributed by atoms with E-state index in [9.17, 15) is 14.4 Å². The van der Waals surface area contributed by atoms with Gasteiger partial charge in [0.2, 0.25) is 5.75 Å². The number of hydrogen-bond acceptors (Lipinski definition) is 8. The van der Waals surface area contributed by atoms with Crippen molar-refractivity contribution in [3.05, 3.63) is 48.3 Å². The summed E-state index contributed by atoms with van der Waals surface area (Å²) < 4.78 is 22.1. The lowest BCUT2D eigenvalue weighted by Crippen LogP contribution is -2.36. The highest BCUT2D eigenvalue weighted by atomic mass is 16.6. The van der Waals surface area contributed by atoms with Gasteiger partial charge in [0.1, 0.15) is 18.0 Å². The summed E-state index contributed by atoms with van der Waals surface area (Å²) >= 11 is 0. The first-order valence-electron chi connectivity index (χ1n) is 11.0. The van der Waals surface area contributed by atoms with Crippen molar-refractivity contribution in [1.82, 2.24) is 4.98 Å². The fourth-order valence-electron chi connectivity index (χ4n) is 3.51. The number of nitrogens with zero attached hydrogens (tertiary/aromatic N) is 1. The second-order valence-electron chi connectivity index (χ2n) is 8.19. The van der Waals surface area contributed by atoms with Crippen molar-refractivity contribution in [3.63, 3.8) is 0 Å². The minimum Gasteiger partial charge on any atom is -0.493 e. The van der Waals surface area contributed by atoms with Crippen molar-refractivity contribution >= 4 is 17.7 Å². The number of carbonyl (C=O) groups excluding carboxylic acids is 3. The number of methoxy groups -OCH3 is 1. The molecule has 1 heterocycles. The van der Waals surface area contributed by atoms with Crippen molar-refractivity contribution in [1.29, 1.82) is 0 Å². The number of carbonyl (C=O) groups is 3. The second kappa shape index (κ2) is 10.9. The number of Topliss-reactive ketones (excluding diaryl/α,β-unsaturated/α-hetero) is 1. The van der Waals surface area contributed by atoms with Crippen molar-refractivity contribution in [2.24, 2.45) is 11.8 Å². The van der Waals surface area contributed by atoms with Crippen LogP contribution in [-0.2, 0) is 14.3 Å². The fourth-order valence-corrected chi connectivity index (χ4v) is 3.51. The largest absolute Gasteiger partial charge is 0.493 e. The van der Waals surface area contributed by atoms with Gasteiger partial charge < -0.3 is 18.9 Å². The number of hydrogen-bond donors (Lipinski definition) is 0. The van der Waals surface area contributed by atoms with Gasteiger partial charge in [0.05, 0.1) is 13.0 Å². The van der Waals surface area contributed by atoms with Crippen molar-refractivity contribution < 1.29 is 33.3 Å². The van der Waals surface area contributed by atoms with Crippen LogP contribution in [0, 0.1) is 11.8 Å². The van der Waals surface area contributed by atoms with E-state index in [2.05, 4.69) is 4.98 Å². The molecule has 1 saturated carbocycles. The van der Waals surface area contributed by atoms with E-state index in [1.807, 2.05) is 30.3 Å². The highest BCUT2D eigenvalue weighted by Gasteiger charge is 2.39. The number of aromatic nitrogens is 1. The van der Waals surface area contributed by atoms with Crippen LogP contribution in [0.4, 0.5) is 0 Å². The summed E-state index contributed by atoms with van der Waals surface area (Å²) in [5.74, 6) is -1.10. The number of ketones is 1. The lowest BCUT2D eigenvalue weighted by atomic mass is 10.0. The lowest BCUT2D eigenvalue weighted by molar-refractivity contribution is -0.157. The maximum atomic E-state index is 12.9. The summed E-state index contributed by atoms with van der Waals surface area (Å²) in [5.41, 5.74) is -0.0690. The van der Waals surface area contributed by atoms with Crippen LogP contribution < -0.4 is 14.2 Å². The van der Waals surface area contributed by atoms with Gasteiger partial charge in [-0.2, -0.15) is 0 Å². The molecule has 1 aromatic heterocycles. The van der Waals surface area contributed by atoms with Crippen LogP contribution in [-0.4, -0.2) is 42.0 Å². The van der Waals surface area contributed by atoms with E-state index >= 15 is 0 Å². The number of esters is 2.